The van der Waals surface area contributed by atoms with E-state index < -0.39 is 11.5 Å². The average Bonchev–Trinajstić information content (AvgIpc) is 3.09. The quantitative estimate of drug-likeness (QED) is 0.866. The topological polar surface area (TPSA) is 86.7 Å². The van der Waals surface area contributed by atoms with Crippen LogP contribution < -0.4 is 10.2 Å². The summed E-state index contributed by atoms with van der Waals surface area (Å²) in [6.07, 6.45) is 1.65. The maximum absolute atomic E-state index is 12.2. The molecule has 0 unspecified atom stereocenters. The zero-order valence-electron chi connectivity index (χ0n) is 11.7. The number of fused-ring (bicyclic) bond motifs is 1. The van der Waals surface area contributed by atoms with E-state index in [2.05, 4.69) is 5.32 Å². The molecule has 2 aliphatic rings. The molecule has 1 aromatic carbocycles. The number of amides is 2. The van der Waals surface area contributed by atoms with Crippen LogP contribution >= 0.6 is 0 Å². The Morgan fingerprint density at radius 2 is 2.00 bits per heavy atom. The molecule has 0 saturated heterocycles. The molecule has 1 fully saturated rings. The van der Waals surface area contributed by atoms with Crippen molar-refractivity contribution >= 4 is 23.5 Å². The number of nitrogens with one attached hydrogen (secondary N) is 1. The number of aliphatic carboxylic acids is 1. The van der Waals surface area contributed by atoms with Crippen molar-refractivity contribution < 1.29 is 19.5 Å². The van der Waals surface area contributed by atoms with Gasteiger partial charge in [0.1, 0.15) is 5.54 Å². The molecule has 0 bridgehead atoms. The molecule has 2 amide bonds. The molecule has 6 heteroatoms. The van der Waals surface area contributed by atoms with Gasteiger partial charge in [0.25, 0.3) is 5.91 Å². The first-order valence-electron chi connectivity index (χ1n) is 6.90. The molecule has 0 atom stereocenters. The van der Waals surface area contributed by atoms with Gasteiger partial charge >= 0.3 is 5.97 Å². The van der Waals surface area contributed by atoms with Crippen molar-refractivity contribution in [1.82, 2.24) is 5.32 Å². The van der Waals surface area contributed by atoms with E-state index in [4.69, 9.17) is 5.11 Å². The molecule has 1 aromatic rings. The summed E-state index contributed by atoms with van der Waals surface area (Å²) in [6, 6.07) is 5.12. The molecule has 1 aliphatic carbocycles. The summed E-state index contributed by atoms with van der Waals surface area (Å²) in [4.78, 5) is 36.4. The van der Waals surface area contributed by atoms with Crippen LogP contribution in [-0.4, -0.2) is 35.0 Å². The molecule has 3 rings (SSSR count). The van der Waals surface area contributed by atoms with Crippen LogP contribution in [0.25, 0.3) is 0 Å². The van der Waals surface area contributed by atoms with Gasteiger partial charge < -0.3 is 15.3 Å². The highest BCUT2D eigenvalue weighted by Gasteiger charge is 2.51. The number of carbonyl (C=O) groups is 3. The number of carboxylic acids is 1. The molecular weight excluding hydrogens is 272 g/mol. The highest BCUT2D eigenvalue weighted by Crippen LogP contribution is 2.36. The Labute approximate surface area is 121 Å². The van der Waals surface area contributed by atoms with Gasteiger partial charge in [0.15, 0.2) is 0 Å². The molecule has 21 heavy (non-hydrogen) atoms. The van der Waals surface area contributed by atoms with Crippen LogP contribution in [0.1, 0.15) is 35.7 Å². The molecule has 0 radical (unpaired) electrons. The first kappa shape index (κ1) is 13.6. The second-order valence-corrected chi connectivity index (χ2v) is 5.61. The largest absolute Gasteiger partial charge is 0.480 e. The van der Waals surface area contributed by atoms with Crippen molar-refractivity contribution in [1.29, 1.82) is 0 Å². The number of benzene rings is 1. The third-order valence-corrected chi connectivity index (χ3v) is 4.13. The highest BCUT2D eigenvalue weighted by atomic mass is 16.4. The molecule has 1 saturated carbocycles. The van der Waals surface area contributed by atoms with Crippen molar-refractivity contribution in [3.8, 4) is 0 Å². The lowest BCUT2D eigenvalue weighted by atomic mass is 10.1. The van der Waals surface area contributed by atoms with Gasteiger partial charge in [-0.3, -0.25) is 9.59 Å². The van der Waals surface area contributed by atoms with E-state index in [-0.39, 0.29) is 11.8 Å². The fourth-order valence-corrected chi connectivity index (χ4v) is 2.68. The minimum atomic E-state index is -1.08. The van der Waals surface area contributed by atoms with Crippen LogP contribution in [0.4, 0.5) is 5.69 Å². The van der Waals surface area contributed by atoms with Crippen molar-refractivity contribution in [2.45, 2.75) is 31.7 Å². The third kappa shape index (κ3) is 2.26. The SMILES string of the molecule is CC(=O)N1CCc2cc(C(=O)NC3(C(=O)O)CC3)ccc21. The van der Waals surface area contributed by atoms with Gasteiger partial charge in [0, 0.05) is 24.7 Å². The van der Waals surface area contributed by atoms with E-state index in [9.17, 15) is 14.4 Å². The average molecular weight is 288 g/mol. The predicted octanol–water partition coefficient (Wildman–Crippen LogP) is 0.943. The van der Waals surface area contributed by atoms with Crippen LogP contribution in [-0.2, 0) is 16.0 Å². The Balaban J connectivity index is 1.80. The Hall–Kier alpha value is -2.37. The minimum absolute atomic E-state index is 0.0197. The lowest BCUT2D eigenvalue weighted by Crippen LogP contribution is -2.43. The normalized spacial score (nSPS) is 18.0. The van der Waals surface area contributed by atoms with Crippen molar-refractivity contribution in [3.63, 3.8) is 0 Å². The van der Waals surface area contributed by atoms with Crippen LogP contribution in [0.3, 0.4) is 0 Å². The number of hydrogen-bond acceptors (Lipinski definition) is 3. The zero-order chi connectivity index (χ0) is 15.2. The third-order valence-electron chi connectivity index (χ3n) is 4.13. The second kappa shape index (κ2) is 4.58. The van der Waals surface area contributed by atoms with Gasteiger partial charge in [-0.2, -0.15) is 0 Å². The Morgan fingerprint density at radius 3 is 2.57 bits per heavy atom. The fourth-order valence-electron chi connectivity index (χ4n) is 2.68. The number of hydrogen-bond donors (Lipinski definition) is 2. The predicted molar refractivity (Wildman–Crippen MR) is 75.2 cm³/mol. The maximum Gasteiger partial charge on any atom is 0.329 e. The van der Waals surface area contributed by atoms with E-state index >= 15 is 0 Å². The van der Waals surface area contributed by atoms with Crippen LogP contribution in [0.2, 0.25) is 0 Å². The standard InChI is InChI=1S/C15H16N2O4/c1-9(18)17-7-4-10-8-11(2-3-12(10)17)13(19)16-15(5-6-15)14(20)21/h2-3,8H,4-7H2,1H3,(H,16,19)(H,20,21). The molecular formula is C15H16N2O4. The van der Waals surface area contributed by atoms with Gasteiger partial charge in [0.2, 0.25) is 5.91 Å². The van der Waals surface area contributed by atoms with Crippen molar-refractivity contribution in [3.05, 3.63) is 29.3 Å². The van der Waals surface area contributed by atoms with E-state index in [0.29, 0.717) is 31.4 Å². The lowest BCUT2D eigenvalue weighted by Gasteiger charge is -2.15. The van der Waals surface area contributed by atoms with Crippen LogP contribution in [0.5, 0.6) is 0 Å². The molecule has 1 heterocycles. The van der Waals surface area contributed by atoms with Crippen molar-refractivity contribution in [2.24, 2.45) is 0 Å². The number of nitrogens with zero attached hydrogens (tertiary/aromatic N) is 1. The molecule has 1 aliphatic heterocycles. The lowest BCUT2D eigenvalue weighted by molar-refractivity contribution is -0.140. The fraction of sp³-hybridized carbons (Fsp3) is 0.400. The summed E-state index contributed by atoms with van der Waals surface area (Å²) in [5.41, 5.74) is 1.13. The highest BCUT2D eigenvalue weighted by molar-refractivity contribution is 6.00. The Kier molecular flexibility index (Phi) is 2.97. The van der Waals surface area contributed by atoms with Gasteiger partial charge in [-0.25, -0.2) is 4.79 Å². The number of carboxylic acid groups (broad SMARTS) is 1. The first-order chi connectivity index (χ1) is 9.93. The van der Waals surface area contributed by atoms with Gasteiger partial charge in [-0.15, -0.1) is 0 Å². The second-order valence-electron chi connectivity index (χ2n) is 5.61. The summed E-state index contributed by atoms with van der Waals surface area (Å²) in [5, 5.41) is 11.7. The van der Waals surface area contributed by atoms with E-state index in [1.165, 1.54) is 6.92 Å². The molecule has 0 aromatic heterocycles. The maximum atomic E-state index is 12.2. The van der Waals surface area contributed by atoms with E-state index in [1.807, 2.05) is 0 Å². The van der Waals surface area contributed by atoms with Gasteiger partial charge in [-0.1, -0.05) is 0 Å². The molecule has 6 nitrogen and oxygen atoms in total. The van der Waals surface area contributed by atoms with E-state index in [0.717, 1.165) is 11.3 Å². The molecule has 110 valence electrons. The summed E-state index contributed by atoms with van der Waals surface area (Å²) >= 11 is 0. The van der Waals surface area contributed by atoms with Gasteiger partial charge in [0.05, 0.1) is 0 Å². The zero-order valence-corrected chi connectivity index (χ0v) is 11.7. The van der Waals surface area contributed by atoms with Gasteiger partial charge in [-0.05, 0) is 43.0 Å². The summed E-state index contributed by atoms with van der Waals surface area (Å²) in [7, 11) is 0. The number of rotatable bonds is 3. The Morgan fingerprint density at radius 1 is 1.29 bits per heavy atom. The molecule has 0 spiro atoms. The summed E-state index contributed by atoms with van der Waals surface area (Å²) in [6.45, 7) is 2.13. The van der Waals surface area contributed by atoms with Crippen LogP contribution in [0, 0.1) is 0 Å². The smallest absolute Gasteiger partial charge is 0.329 e. The van der Waals surface area contributed by atoms with Crippen LogP contribution in [0.15, 0.2) is 18.2 Å². The number of carbonyl (C=O) groups excluding carboxylic acids is 2. The van der Waals surface area contributed by atoms with E-state index in [1.54, 1.807) is 23.1 Å². The Bertz CT molecular complexity index is 649. The molecule has 2 N–H and O–H groups in total. The minimum Gasteiger partial charge on any atom is -0.480 e. The van der Waals surface area contributed by atoms with Crippen molar-refractivity contribution in [2.75, 3.05) is 11.4 Å². The summed E-state index contributed by atoms with van der Waals surface area (Å²) < 4.78 is 0. The first-order valence-corrected chi connectivity index (χ1v) is 6.90. The summed E-state index contributed by atoms with van der Waals surface area (Å²) in [5.74, 6) is -1.38. The monoisotopic (exact) mass is 288 g/mol. The number of anilines is 1.